The highest BCUT2D eigenvalue weighted by Crippen LogP contribution is 2.13. The van der Waals surface area contributed by atoms with Crippen LogP contribution in [0.25, 0.3) is 0 Å². The molecule has 20 heavy (non-hydrogen) atoms. The van der Waals surface area contributed by atoms with Crippen molar-refractivity contribution in [2.24, 2.45) is 10.9 Å². The number of hydrogen-bond acceptors (Lipinski definition) is 5. The standard InChI is InChI=1S/C13H20N2O4S/c1-2-3-7-19-8-9-20(17,18)12-6-4-5-11(10-12)13(14)15-16/h4-6,10,16H,2-3,7-9H2,1H3,(H2,14,15). The summed E-state index contributed by atoms with van der Waals surface area (Å²) in [5.41, 5.74) is 5.80. The minimum atomic E-state index is -3.43. The molecule has 1 rings (SSSR count). The van der Waals surface area contributed by atoms with Gasteiger partial charge in [0.1, 0.15) is 0 Å². The lowest BCUT2D eigenvalue weighted by Gasteiger charge is -2.07. The van der Waals surface area contributed by atoms with Crippen molar-refractivity contribution in [2.75, 3.05) is 19.0 Å². The maximum atomic E-state index is 12.1. The number of amidine groups is 1. The first-order chi connectivity index (χ1) is 9.51. The van der Waals surface area contributed by atoms with Crippen LogP contribution in [0.4, 0.5) is 0 Å². The summed E-state index contributed by atoms with van der Waals surface area (Å²) in [6.45, 7) is 2.77. The van der Waals surface area contributed by atoms with Crippen LogP contribution in [-0.2, 0) is 14.6 Å². The van der Waals surface area contributed by atoms with Crippen molar-refractivity contribution in [2.45, 2.75) is 24.7 Å². The number of benzene rings is 1. The normalized spacial score (nSPS) is 12.6. The van der Waals surface area contributed by atoms with Crippen molar-refractivity contribution >= 4 is 15.7 Å². The highest BCUT2D eigenvalue weighted by molar-refractivity contribution is 7.91. The molecule has 0 aliphatic rings. The van der Waals surface area contributed by atoms with Gasteiger partial charge in [-0.2, -0.15) is 0 Å². The molecule has 0 atom stereocenters. The molecule has 6 nitrogen and oxygen atoms in total. The van der Waals surface area contributed by atoms with Gasteiger partial charge in [-0.3, -0.25) is 0 Å². The number of nitrogens with zero attached hydrogens (tertiary/aromatic N) is 1. The summed E-state index contributed by atoms with van der Waals surface area (Å²) in [4.78, 5) is 0.140. The molecular formula is C13H20N2O4S. The van der Waals surface area contributed by atoms with E-state index in [0.717, 1.165) is 12.8 Å². The Kier molecular flexibility index (Phi) is 6.47. The van der Waals surface area contributed by atoms with E-state index in [2.05, 4.69) is 5.16 Å². The largest absolute Gasteiger partial charge is 0.409 e. The van der Waals surface area contributed by atoms with Crippen LogP contribution in [0.3, 0.4) is 0 Å². The predicted octanol–water partition coefficient (Wildman–Crippen LogP) is 1.37. The Hall–Kier alpha value is -1.60. The summed E-state index contributed by atoms with van der Waals surface area (Å²) in [7, 11) is -3.43. The van der Waals surface area contributed by atoms with Gasteiger partial charge in [-0.15, -0.1) is 0 Å². The van der Waals surface area contributed by atoms with E-state index in [9.17, 15) is 8.42 Å². The fraction of sp³-hybridized carbons (Fsp3) is 0.462. The topological polar surface area (TPSA) is 102 Å². The molecule has 0 fully saturated rings. The van der Waals surface area contributed by atoms with E-state index >= 15 is 0 Å². The van der Waals surface area contributed by atoms with E-state index in [-0.39, 0.29) is 23.1 Å². The summed E-state index contributed by atoms with van der Waals surface area (Å²) in [6.07, 6.45) is 1.92. The van der Waals surface area contributed by atoms with Crippen LogP contribution in [-0.4, -0.2) is 38.4 Å². The third-order valence-electron chi connectivity index (χ3n) is 2.74. The Labute approximate surface area is 119 Å². The summed E-state index contributed by atoms with van der Waals surface area (Å²) in [6, 6.07) is 6.00. The van der Waals surface area contributed by atoms with Crippen molar-refractivity contribution in [1.29, 1.82) is 0 Å². The Morgan fingerprint density at radius 2 is 2.15 bits per heavy atom. The maximum Gasteiger partial charge on any atom is 0.180 e. The van der Waals surface area contributed by atoms with Gasteiger partial charge < -0.3 is 15.7 Å². The first-order valence-corrected chi connectivity index (χ1v) is 8.05. The molecule has 1 aromatic carbocycles. The summed E-state index contributed by atoms with van der Waals surface area (Å²) >= 11 is 0. The highest BCUT2D eigenvalue weighted by atomic mass is 32.2. The van der Waals surface area contributed by atoms with Gasteiger partial charge in [0.15, 0.2) is 15.7 Å². The monoisotopic (exact) mass is 300 g/mol. The third-order valence-corrected chi connectivity index (χ3v) is 4.41. The second kappa shape index (κ2) is 7.86. The maximum absolute atomic E-state index is 12.1. The Morgan fingerprint density at radius 1 is 1.40 bits per heavy atom. The summed E-state index contributed by atoms with van der Waals surface area (Å²) < 4.78 is 29.5. The van der Waals surface area contributed by atoms with Crippen molar-refractivity contribution in [3.8, 4) is 0 Å². The molecule has 0 bridgehead atoms. The van der Waals surface area contributed by atoms with E-state index in [1.165, 1.54) is 12.1 Å². The minimum absolute atomic E-state index is 0.0870. The molecule has 0 radical (unpaired) electrons. The average Bonchev–Trinajstić information content (AvgIpc) is 2.46. The average molecular weight is 300 g/mol. The molecule has 112 valence electrons. The first-order valence-electron chi connectivity index (χ1n) is 6.39. The van der Waals surface area contributed by atoms with E-state index in [0.29, 0.717) is 12.2 Å². The van der Waals surface area contributed by atoms with Crippen LogP contribution < -0.4 is 5.73 Å². The van der Waals surface area contributed by atoms with Crippen LogP contribution in [0.2, 0.25) is 0 Å². The number of oxime groups is 1. The molecule has 0 heterocycles. The van der Waals surface area contributed by atoms with Gasteiger partial charge in [-0.1, -0.05) is 30.6 Å². The quantitative estimate of drug-likeness (QED) is 0.248. The van der Waals surface area contributed by atoms with Crippen molar-refractivity contribution in [1.82, 2.24) is 0 Å². The van der Waals surface area contributed by atoms with E-state index in [1.807, 2.05) is 6.92 Å². The van der Waals surface area contributed by atoms with Crippen LogP contribution in [0.5, 0.6) is 0 Å². The van der Waals surface area contributed by atoms with E-state index in [1.54, 1.807) is 12.1 Å². The van der Waals surface area contributed by atoms with Gasteiger partial charge in [-0.25, -0.2) is 8.42 Å². The van der Waals surface area contributed by atoms with Crippen molar-refractivity contribution in [3.05, 3.63) is 29.8 Å². The highest BCUT2D eigenvalue weighted by Gasteiger charge is 2.15. The molecule has 0 aliphatic carbocycles. The Morgan fingerprint density at radius 3 is 2.80 bits per heavy atom. The van der Waals surface area contributed by atoms with Crippen LogP contribution in [0.15, 0.2) is 34.3 Å². The molecular weight excluding hydrogens is 280 g/mol. The molecule has 1 aromatic rings. The molecule has 7 heteroatoms. The lowest BCUT2D eigenvalue weighted by atomic mass is 10.2. The number of nitrogens with two attached hydrogens (primary N) is 1. The fourth-order valence-corrected chi connectivity index (χ4v) is 2.71. The smallest absolute Gasteiger partial charge is 0.180 e. The molecule has 0 amide bonds. The van der Waals surface area contributed by atoms with Gasteiger partial charge in [0.25, 0.3) is 0 Å². The molecule has 0 unspecified atom stereocenters. The second-order valence-corrected chi connectivity index (χ2v) is 6.41. The van der Waals surface area contributed by atoms with Gasteiger partial charge >= 0.3 is 0 Å². The number of hydrogen-bond donors (Lipinski definition) is 2. The molecule has 0 aromatic heterocycles. The van der Waals surface area contributed by atoms with Gasteiger partial charge in [0, 0.05) is 12.2 Å². The zero-order valence-electron chi connectivity index (χ0n) is 11.4. The predicted molar refractivity (Wildman–Crippen MR) is 76.7 cm³/mol. The number of ether oxygens (including phenoxy) is 1. The first kappa shape index (κ1) is 16.5. The molecule has 0 spiro atoms. The molecule has 0 saturated carbocycles. The zero-order chi connectivity index (χ0) is 15.0. The van der Waals surface area contributed by atoms with Gasteiger partial charge in [0.05, 0.1) is 17.3 Å². The second-order valence-electron chi connectivity index (χ2n) is 4.30. The minimum Gasteiger partial charge on any atom is -0.409 e. The van der Waals surface area contributed by atoms with Crippen molar-refractivity contribution < 1.29 is 18.4 Å². The van der Waals surface area contributed by atoms with Crippen LogP contribution in [0, 0.1) is 0 Å². The number of unbranched alkanes of at least 4 members (excludes halogenated alkanes) is 1. The Bertz CT molecular complexity index is 555. The molecule has 0 aliphatic heterocycles. The fourth-order valence-electron chi connectivity index (χ4n) is 1.54. The van der Waals surface area contributed by atoms with Gasteiger partial charge in [-0.05, 0) is 18.6 Å². The lowest BCUT2D eigenvalue weighted by molar-refractivity contribution is 0.146. The molecule has 3 N–H and O–H groups in total. The Balaban J connectivity index is 2.72. The van der Waals surface area contributed by atoms with Crippen molar-refractivity contribution in [3.63, 3.8) is 0 Å². The zero-order valence-corrected chi connectivity index (χ0v) is 12.3. The van der Waals surface area contributed by atoms with E-state index in [4.69, 9.17) is 15.7 Å². The van der Waals surface area contributed by atoms with E-state index < -0.39 is 9.84 Å². The van der Waals surface area contributed by atoms with Crippen LogP contribution >= 0.6 is 0 Å². The van der Waals surface area contributed by atoms with Gasteiger partial charge in [0.2, 0.25) is 0 Å². The number of rotatable bonds is 8. The third kappa shape index (κ3) is 4.82. The lowest BCUT2D eigenvalue weighted by Crippen LogP contribution is -2.16. The number of sulfone groups is 1. The molecule has 0 saturated heterocycles. The van der Waals surface area contributed by atoms with Crippen LogP contribution in [0.1, 0.15) is 25.3 Å². The summed E-state index contributed by atoms with van der Waals surface area (Å²) in [5.74, 6) is -0.211. The summed E-state index contributed by atoms with van der Waals surface area (Å²) in [5, 5.41) is 11.5. The SMILES string of the molecule is CCCCOCCS(=O)(=O)c1cccc(/C(N)=N/O)c1.